The Balaban J connectivity index is 2.30. The van der Waals surface area contributed by atoms with Gasteiger partial charge in [0, 0.05) is 28.9 Å². The molecule has 0 aliphatic rings. The van der Waals surface area contributed by atoms with E-state index in [4.69, 9.17) is 4.74 Å². The third-order valence-electron chi connectivity index (χ3n) is 3.06. The maximum absolute atomic E-state index is 5.52. The molecule has 0 radical (unpaired) electrons. The van der Waals surface area contributed by atoms with E-state index in [0.29, 0.717) is 0 Å². The number of hydrogen-bond acceptors (Lipinski definition) is 4. The highest BCUT2D eigenvalue weighted by Gasteiger charge is 2.17. The Kier molecular flexibility index (Phi) is 5.49. The monoisotopic (exact) mass is 291 g/mol. The van der Waals surface area contributed by atoms with Gasteiger partial charge in [-0.3, -0.25) is 0 Å². The summed E-state index contributed by atoms with van der Waals surface area (Å²) < 4.78 is 5.52. The molecule has 2 rings (SSSR count). The maximum Gasteiger partial charge on any atom is 0.170 e. The molecule has 2 aromatic rings. The fourth-order valence-electron chi connectivity index (χ4n) is 2.09. The highest BCUT2D eigenvalue weighted by molar-refractivity contribution is 7.99. The van der Waals surface area contributed by atoms with Crippen LogP contribution in [-0.4, -0.2) is 23.6 Å². The second-order valence-electron chi connectivity index (χ2n) is 4.54. The molecule has 0 aliphatic heterocycles. The summed E-state index contributed by atoms with van der Waals surface area (Å²) in [6, 6.07) is 6.37. The molecule has 1 heterocycles. The molecule has 108 valence electrons. The van der Waals surface area contributed by atoms with Crippen LogP contribution in [0.2, 0.25) is 0 Å². The third kappa shape index (κ3) is 3.55. The molecule has 1 unspecified atom stereocenters. The van der Waals surface area contributed by atoms with Crippen molar-refractivity contribution in [2.45, 2.75) is 36.4 Å². The molecule has 0 amide bonds. The summed E-state index contributed by atoms with van der Waals surface area (Å²) >= 11 is 1.63. The zero-order valence-corrected chi connectivity index (χ0v) is 13.0. The largest absolute Gasteiger partial charge is 0.496 e. The van der Waals surface area contributed by atoms with Gasteiger partial charge in [-0.15, -0.1) is 0 Å². The van der Waals surface area contributed by atoms with E-state index in [9.17, 15) is 0 Å². The lowest BCUT2D eigenvalue weighted by molar-refractivity contribution is 0.399. The number of aromatic nitrogens is 2. The van der Waals surface area contributed by atoms with E-state index in [-0.39, 0.29) is 6.04 Å². The SMILES string of the molecule is CCCNC(C)c1c(OC)cccc1Sc1ncc[nH]1. The van der Waals surface area contributed by atoms with Crippen LogP contribution in [0.25, 0.3) is 0 Å². The van der Waals surface area contributed by atoms with Crippen molar-refractivity contribution in [3.8, 4) is 5.75 Å². The first-order chi connectivity index (χ1) is 9.76. The summed E-state index contributed by atoms with van der Waals surface area (Å²) in [5, 5.41) is 4.41. The standard InChI is InChI=1S/C15H21N3OS/c1-4-8-16-11(2)14-12(19-3)6-5-7-13(14)20-15-17-9-10-18-15/h5-7,9-11,16H,4,8H2,1-3H3,(H,17,18). The Morgan fingerprint density at radius 2 is 2.30 bits per heavy atom. The molecule has 4 nitrogen and oxygen atoms in total. The summed E-state index contributed by atoms with van der Waals surface area (Å²) in [5.41, 5.74) is 1.19. The van der Waals surface area contributed by atoms with Crippen LogP contribution >= 0.6 is 11.8 Å². The van der Waals surface area contributed by atoms with Crippen molar-refractivity contribution in [1.29, 1.82) is 0 Å². The molecule has 5 heteroatoms. The van der Waals surface area contributed by atoms with E-state index in [2.05, 4.69) is 35.2 Å². The van der Waals surface area contributed by atoms with Gasteiger partial charge in [0.1, 0.15) is 5.75 Å². The van der Waals surface area contributed by atoms with Gasteiger partial charge < -0.3 is 15.0 Å². The molecule has 0 spiro atoms. The fourth-order valence-corrected chi connectivity index (χ4v) is 3.07. The van der Waals surface area contributed by atoms with Crippen LogP contribution in [0.1, 0.15) is 31.9 Å². The van der Waals surface area contributed by atoms with Crippen molar-refractivity contribution < 1.29 is 4.74 Å². The number of nitrogens with one attached hydrogen (secondary N) is 2. The first kappa shape index (κ1) is 14.9. The molecule has 20 heavy (non-hydrogen) atoms. The number of H-pyrrole nitrogens is 1. The Hall–Kier alpha value is -1.46. The molecule has 0 aliphatic carbocycles. The molecule has 0 bridgehead atoms. The van der Waals surface area contributed by atoms with Gasteiger partial charge in [0.2, 0.25) is 0 Å². The van der Waals surface area contributed by atoms with Gasteiger partial charge in [-0.1, -0.05) is 24.8 Å². The fraction of sp³-hybridized carbons (Fsp3) is 0.400. The molecular weight excluding hydrogens is 270 g/mol. The van der Waals surface area contributed by atoms with E-state index < -0.39 is 0 Å². The molecule has 1 atom stereocenters. The normalized spacial score (nSPS) is 12.3. The average Bonchev–Trinajstić information content (AvgIpc) is 2.97. The topological polar surface area (TPSA) is 49.9 Å². The van der Waals surface area contributed by atoms with Gasteiger partial charge in [0.15, 0.2) is 5.16 Å². The molecular formula is C15H21N3OS. The van der Waals surface area contributed by atoms with Crippen molar-refractivity contribution in [2.75, 3.05) is 13.7 Å². The lowest BCUT2D eigenvalue weighted by Crippen LogP contribution is -2.20. The molecule has 0 saturated heterocycles. The number of aromatic amines is 1. The highest BCUT2D eigenvalue weighted by atomic mass is 32.2. The van der Waals surface area contributed by atoms with Crippen molar-refractivity contribution in [3.63, 3.8) is 0 Å². The van der Waals surface area contributed by atoms with Gasteiger partial charge in [0.05, 0.1) is 7.11 Å². The zero-order valence-electron chi connectivity index (χ0n) is 12.1. The first-order valence-electron chi connectivity index (χ1n) is 6.83. The number of nitrogens with zero attached hydrogens (tertiary/aromatic N) is 1. The van der Waals surface area contributed by atoms with Crippen LogP contribution in [0.5, 0.6) is 5.75 Å². The van der Waals surface area contributed by atoms with Gasteiger partial charge in [-0.05, 0) is 32.0 Å². The smallest absolute Gasteiger partial charge is 0.170 e. The van der Waals surface area contributed by atoms with Crippen LogP contribution in [-0.2, 0) is 0 Å². The van der Waals surface area contributed by atoms with Crippen LogP contribution < -0.4 is 10.1 Å². The molecule has 1 aromatic carbocycles. The van der Waals surface area contributed by atoms with E-state index in [0.717, 1.165) is 28.8 Å². The third-order valence-corrected chi connectivity index (χ3v) is 4.05. The van der Waals surface area contributed by atoms with E-state index in [1.54, 1.807) is 25.1 Å². The van der Waals surface area contributed by atoms with Crippen molar-refractivity contribution in [3.05, 3.63) is 36.2 Å². The predicted molar refractivity (Wildman–Crippen MR) is 82.4 cm³/mol. The number of methoxy groups -OCH3 is 1. The Morgan fingerprint density at radius 1 is 1.45 bits per heavy atom. The second-order valence-corrected chi connectivity index (χ2v) is 5.57. The van der Waals surface area contributed by atoms with Crippen LogP contribution in [0.15, 0.2) is 40.6 Å². The van der Waals surface area contributed by atoms with E-state index >= 15 is 0 Å². The van der Waals surface area contributed by atoms with Crippen molar-refractivity contribution in [2.24, 2.45) is 0 Å². The zero-order chi connectivity index (χ0) is 14.4. The van der Waals surface area contributed by atoms with Crippen LogP contribution in [0.4, 0.5) is 0 Å². The molecule has 2 N–H and O–H groups in total. The summed E-state index contributed by atoms with van der Waals surface area (Å²) in [6.07, 6.45) is 4.71. The lowest BCUT2D eigenvalue weighted by atomic mass is 10.1. The van der Waals surface area contributed by atoms with Crippen LogP contribution in [0.3, 0.4) is 0 Å². The minimum absolute atomic E-state index is 0.239. The molecule has 0 fully saturated rings. The minimum Gasteiger partial charge on any atom is -0.496 e. The number of imidazole rings is 1. The van der Waals surface area contributed by atoms with Crippen molar-refractivity contribution >= 4 is 11.8 Å². The molecule has 1 aromatic heterocycles. The predicted octanol–water partition coefficient (Wildman–Crippen LogP) is 3.63. The molecule has 0 saturated carbocycles. The number of hydrogen-bond donors (Lipinski definition) is 2. The number of benzene rings is 1. The van der Waals surface area contributed by atoms with Crippen molar-refractivity contribution in [1.82, 2.24) is 15.3 Å². The summed E-state index contributed by atoms with van der Waals surface area (Å²) in [4.78, 5) is 8.56. The number of ether oxygens (including phenoxy) is 1. The highest BCUT2D eigenvalue weighted by Crippen LogP contribution is 2.37. The summed E-state index contributed by atoms with van der Waals surface area (Å²) in [6.45, 7) is 5.32. The summed E-state index contributed by atoms with van der Waals surface area (Å²) in [7, 11) is 1.71. The Morgan fingerprint density at radius 3 is 2.95 bits per heavy atom. The average molecular weight is 291 g/mol. The van der Waals surface area contributed by atoms with Gasteiger partial charge in [-0.25, -0.2) is 4.98 Å². The van der Waals surface area contributed by atoms with E-state index in [1.807, 2.05) is 18.3 Å². The van der Waals surface area contributed by atoms with E-state index in [1.165, 1.54) is 5.56 Å². The Labute approximate surface area is 124 Å². The quantitative estimate of drug-likeness (QED) is 0.818. The Bertz CT molecular complexity index is 528. The second kappa shape index (κ2) is 7.36. The van der Waals surface area contributed by atoms with Gasteiger partial charge >= 0.3 is 0 Å². The first-order valence-corrected chi connectivity index (χ1v) is 7.65. The van der Waals surface area contributed by atoms with Gasteiger partial charge in [0.25, 0.3) is 0 Å². The van der Waals surface area contributed by atoms with Gasteiger partial charge in [-0.2, -0.15) is 0 Å². The minimum atomic E-state index is 0.239. The maximum atomic E-state index is 5.52. The van der Waals surface area contributed by atoms with Crippen LogP contribution in [0, 0.1) is 0 Å². The number of rotatable bonds is 7. The lowest BCUT2D eigenvalue weighted by Gasteiger charge is -2.20. The summed E-state index contributed by atoms with van der Waals surface area (Å²) in [5.74, 6) is 0.914.